The van der Waals surface area contributed by atoms with Crippen molar-refractivity contribution in [2.45, 2.75) is 51.7 Å². The lowest BCUT2D eigenvalue weighted by Gasteiger charge is -2.23. The van der Waals surface area contributed by atoms with Crippen LogP contribution in [0.1, 0.15) is 40.0 Å². The zero-order valence-corrected chi connectivity index (χ0v) is 10.5. The molecule has 94 valence electrons. The first kappa shape index (κ1) is 13.5. The van der Waals surface area contributed by atoms with Crippen molar-refractivity contribution < 1.29 is 9.90 Å². The van der Waals surface area contributed by atoms with E-state index in [0.717, 1.165) is 19.4 Å². The molecule has 4 nitrogen and oxygen atoms in total. The monoisotopic (exact) mass is 228 g/mol. The number of rotatable bonds is 5. The van der Waals surface area contributed by atoms with Crippen molar-refractivity contribution in [3.63, 3.8) is 0 Å². The Morgan fingerprint density at radius 2 is 2.25 bits per heavy atom. The van der Waals surface area contributed by atoms with Crippen LogP contribution in [0.15, 0.2) is 0 Å². The number of carbonyl (C=O) groups excluding carboxylic acids is 1. The molecule has 1 fully saturated rings. The van der Waals surface area contributed by atoms with Crippen LogP contribution in [0.2, 0.25) is 0 Å². The van der Waals surface area contributed by atoms with Crippen molar-refractivity contribution in [2.75, 3.05) is 13.1 Å². The Morgan fingerprint density at radius 3 is 2.75 bits per heavy atom. The predicted octanol–water partition coefficient (Wildman–Crippen LogP) is 0.652. The van der Waals surface area contributed by atoms with Gasteiger partial charge in [0.1, 0.15) is 0 Å². The van der Waals surface area contributed by atoms with Crippen molar-refractivity contribution in [2.24, 2.45) is 5.92 Å². The van der Waals surface area contributed by atoms with Gasteiger partial charge < -0.3 is 15.7 Å². The third-order valence-electron chi connectivity index (χ3n) is 3.37. The highest BCUT2D eigenvalue weighted by molar-refractivity contribution is 5.86. The number of aliphatic hydroxyl groups is 1. The third kappa shape index (κ3) is 3.46. The van der Waals surface area contributed by atoms with Gasteiger partial charge in [0.2, 0.25) is 5.91 Å². The van der Waals surface area contributed by atoms with Crippen LogP contribution in [0.5, 0.6) is 0 Å². The van der Waals surface area contributed by atoms with E-state index >= 15 is 0 Å². The van der Waals surface area contributed by atoms with Crippen LogP contribution in [-0.4, -0.2) is 35.7 Å². The molecule has 0 aromatic carbocycles. The minimum absolute atomic E-state index is 0.0564. The van der Waals surface area contributed by atoms with Gasteiger partial charge in [-0.25, -0.2) is 0 Å². The molecule has 0 aliphatic carbocycles. The summed E-state index contributed by atoms with van der Waals surface area (Å²) in [5, 5.41) is 15.7. The van der Waals surface area contributed by atoms with Crippen molar-refractivity contribution in [3.05, 3.63) is 0 Å². The van der Waals surface area contributed by atoms with E-state index in [1.165, 1.54) is 0 Å². The van der Waals surface area contributed by atoms with E-state index in [1.807, 2.05) is 20.8 Å². The fraction of sp³-hybridized carbons (Fsp3) is 0.917. The van der Waals surface area contributed by atoms with Gasteiger partial charge in [-0.2, -0.15) is 0 Å². The van der Waals surface area contributed by atoms with Gasteiger partial charge in [-0.05, 0) is 38.6 Å². The summed E-state index contributed by atoms with van der Waals surface area (Å²) in [5.41, 5.74) is -0.400. The number of nitrogens with one attached hydrogen (secondary N) is 2. The second-order valence-electron chi connectivity index (χ2n) is 5.22. The minimum atomic E-state index is -0.400. The van der Waals surface area contributed by atoms with Crippen LogP contribution >= 0.6 is 0 Å². The first-order chi connectivity index (χ1) is 7.46. The molecule has 4 heteroatoms. The first-order valence-electron chi connectivity index (χ1n) is 6.17. The maximum Gasteiger partial charge on any atom is 0.240 e. The van der Waals surface area contributed by atoms with Gasteiger partial charge in [0.05, 0.1) is 11.6 Å². The van der Waals surface area contributed by atoms with E-state index in [9.17, 15) is 9.90 Å². The Kier molecular flexibility index (Phi) is 4.74. The quantitative estimate of drug-likeness (QED) is 0.647. The zero-order chi connectivity index (χ0) is 12.2. The largest absolute Gasteiger partial charge is 0.393 e. The molecule has 3 N–H and O–H groups in total. The van der Waals surface area contributed by atoms with Crippen LogP contribution < -0.4 is 10.6 Å². The Hall–Kier alpha value is -0.610. The molecule has 1 aliphatic rings. The molecule has 0 saturated carbocycles. The number of hydrogen-bond donors (Lipinski definition) is 3. The van der Waals surface area contributed by atoms with Crippen LogP contribution in [0.25, 0.3) is 0 Å². The topological polar surface area (TPSA) is 61.4 Å². The third-order valence-corrected chi connectivity index (χ3v) is 3.37. The Labute approximate surface area is 97.8 Å². The standard InChI is InChI=1S/C12H24N2O2/c1-9(2)10(15)5-8-13-11(16)12(3)6-4-7-14-12/h9-10,14-15H,4-8H2,1-3H3,(H,13,16). The average Bonchev–Trinajstić information content (AvgIpc) is 2.66. The van der Waals surface area contributed by atoms with E-state index < -0.39 is 5.54 Å². The summed E-state index contributed by atoms with van der Waals surface area (Å²) < 4.78 is 0. The summed E-state index contributed by atoms with van der Waals surface area (Å²) in [6.45, 7) is 7.36. The number of amides is 1. The lowest BCUT2D eigenvalue weighted by Crippen LogP contribution is -2.51. The molecule has 0 aromatic rings. The number of aliphatic hydroxyl groups excluding tert-OH is 1. The summed E-state index contributed by atoms with van der Waals surface area (Å²) in [4.78, 5) is 11.9. The highest BCUT2D eigenvalue weighted by Crippen LogP contribution is 2.18. The summed E-state index contributed by atoms with van der Waals surface area (Å²) in [6, 6.07) is 0. The molecule has 16 heavy (non-hydrogen) atoms. The average molecular weight is 228 g/mol. The normalized spacial score (nSPS) is 27.1. The van der Waals surface area contributed by atoms with Gasteiger partial charge in [0.15, 0.2) is 0 Å². The summed E-state index contributed by atoms with van der Waals surface area (Å²) in [7, 11) is 0. The van der Waals surface area contributed by atoms with Gasteiger partial charge in [-0.1, -0.05) is 13.8 Å². The molecular weight excluding hydrogens is 204 g/mol. The molecule has 1 amide bonds. The van der Waals surface area contributed by atoms with Crippen LogP contribution in [0.3, 0.4) is 0 Å². The molecule has 1 rings (SSSR count). The number of hydrogen-bond acceptors (Lipinski definition) is 3. The molecule has 0 spiro atoms. The zero-order valence-electron chi connectivity index (χ0n) is 10.5. The maximum atomic E-state index is 11.9. The number of carbonyl (C=O) groups is 1. The van der Waals surface area contributed by atoms with Crippen molar-refractivity contribution in [1.82, 2.24) is 10.6 Å². The highest BCUT2D eigenvalue weighted by Gasteiger charge is 2.35. The van der Waals surface area contributed by atoms with Gasteiger partial charge in [0, 0.05) is 6.54 Å². The Balaban J connectivity index is 2.25. The van der Waals surface area contributed by atoms with Gasteiger partial charge >= 0.3 is 0 Å². The van der Waals surface area contributed by atoms with E-state index in [-0.39, 0.29) is 17.9 Å². The van der Waals surface area contributed by atoms with Crippen molar-refractivity contribution in [3.8, 4) is 0 Å². The van der Waals surface area contributed by atoms with Crippen LogP contribution in [0.4, 0.5) is 0 Å². The van der Waals surface area contributed by atoms with E-state index in [4.69, 9.17) is 0 Å². The van der Waals surface area contributed by atoms with Crippen molar-refractivity contribution in [1.29, 1.82) is 0 Å². The van der Waals surface area contributed by atoms with E-state index in [2.05, 4.69) is 10.6 Å². The van der Waals surface area contributed by atoms with Gasteiger partial charge in [0.25, 0.3) is 0 Å². The smallest absolute Gasteiger partial charge is 0.240 e. The molecule has 1 aliphatic heterocycles. The first-order valence-corrected chi connectivity index (χ1v) is 6.17. The van der Waals surface area contributed by atoms with Gasteiger partial charge in [-0.3, -0.25) is 4.79 Å². The second kappa shape index (κ2) is 5.64. The van der Waals surface area contributed by atoms with Crippen LogP contribution in [-0.2, 0) is 4.79 Å². The molecule has 0 radical (unpaired) electrons. The molecule has 1 heterocycles. The lowest BCUT2D eigenvalue weighted by molar-refractivity contribution is -0.126. The maximum absolute atomic E-state index is 11.9. The summed E-state index contributed by atoms with van der Waals surface area (Å²) >= 11 is 0. The molecule has 0 aromatic heterocycles. The van der Waals surface area contributed by atoms with Crippen molar-refractivity contribution >= 4 is 5.91 Å². The second-order valence-corrected chi connectivity index (χ2v) is 5.22. The lowest BCUT2D eigenvalue weighted by atomic mass is 9.99. The van der Waals surface area contributed by atoms with Crippen LogP contribution in [0, 0.1) is 5.92 Å². The Bertz CT molecular complexity index is 235. The Morgan fingerprint density at radius 1 is 1.56 bits per heavy atom. The summed E-state index contributed by atoms with van der Waals surface area (Å²) in [5.74, 6) is 0.304. The minimum Gasteiger partial charge on any atom is -0.393 e. The predicted molar refractivity (Wildman–Crippen MR) is 64.1 cm³/mol. The molecule has 1 saturated heterocycles. The van der Waals surface area contributed by atoms with Gasteiger partial charge in [-0.15, -0.1) is 0 Å². The fourth-order valence-corrected chi connectivity index (χ4v) is 1.95. The van der Waals surface area contributed by atoms with E-state index in [1.54, 1.807) is 0 Å². The molecular formula is C12H24N2O2. The van der Waals surface area contributed by atoms with E-state index in [0.29, 0.717) is 13.0 Å². The molecule has 0 bridgehead atoms. The molecule has 2 atom stereocenters. The molecule has 2 unspecified atom stereocenters. The highest BCUT2D eigenvalue weighted by atomic mass is 16.3. The SMILES string of the molecule is CC(C)C(O)CCNC(=O)C1(C)CCCN1. The fourth-order valence-electron chi connectivity index (χ4n) is 1.95. The summed E-state index contributed by atoms with van der Waals surface area (Å²) in [6.07, 6.45) is 2.24.